The summed E-state index contributed by atoms with van der Waals surface area (Å²) in [4.78, 5) is 25.7. The van der Waals surface area contributed by atoms with E-state index in [0.29, 0.717) is 28.0 Å². The SMILES string of the molecule is C=C/C=C(C(=O)O)\C(=C/C)c1c2ccc(=O)cc-2oc2cc(N(C)C)ccc12.CC. The lowest BCUT2D eigenvalue weighted by Gasteiger charge is -2.19. The molecule has 0 saturated heterocycles. The van der Waals surface area contributed by atoms with Gasteiger partial charge in [0.25, 0.3) is 0 Å². The lowest BCUT2D eigenvalue weighted by Crippen LogP contribution is -2.09. The van der Waals surface area contributed by atoms with Gasteiger partial charge in [0, 0.05) is 48.4 Å². The molecule has 5 heteroatoms. The van der Waals surface area contributed by atoms with Crippen molar-refractivity contribution in [3.05, 3.63) is 82.6 Å². The fraction of sp³-hybridized carbons (Fsp3) is 0.200. The molecule has 0 unspecified atom stereocenters. The highest BCUT2D eigenvalue weighted by Crippen LogP contribution is 2.40. The van der Waals surface area contributed by atoms with Gasteiger partial charge in [-0.1, -0.05) is 32.6 Å². The van der Waals surface area contributed by atoms with Gasteiger partial charge >= 0.3 is 5.97 Å². The van der Waals surface area contributed by atoms with Crippen LogP contribution in [-0.2, 0) is 4.79 Å². The average Bonchev–Trinajstić information content (AvgIpc) is 2.73. The summed E-state index contributed by atoms with van der Waals surface area (Å²) in [6.07, 6.45) is 4.67. The molecule has 0 aromatic heterocycles. The van der Waals surface area contributed by atoms with Crippen LogP contribution in [0.2, 0.25) is 0 Å². The van der Waals surface area contributed by atoms with Gasteiger partial charge in [0.05, 0.1) is 5.57 Å². The second-order valence-corrected chi connectivity index (χ2v) is 6.53. The van der Waals surface area contributed by atoms with E-state index < -0.39 is 5.97 Å². The van der Waals surface area contributed by atoms with Crippen molar-refractivity contribution in [2.75, 3.05) is 19.0 Å². The van der Waals surface area contributed by atoms with Crippen molar-refractivity contribution in [3.8, 4) is 11.3 Å². The zero-order valence-electron chi connectivity index (χ0n) is 18.0. The zero-order chi connectivity index (χ0) is 22.4. The molecule has 2 aliphatic rings. The summed E-state index contributed by atoms with van der Waals surface area (Å²) in [7, 11) is 3.84. The Morgan fingerprint density at radius 2 is 1.83 bits per heavy atom. The smallest absolute Gasteiger partial charge is 0.336 e. The number of hydrogen-bond acceptors (Lipinski definition) is 4. The van der Waals surface area contributed by atoms with Crippen LogP contribution in [0.1, 0.15) is 26.3 Å². The minimum atomic E-state index is -1.06. The van der Waals surface area contributed by atoms with Crippen molar-refractivity contribution in [2.24, 2.45) is 0 Å². The summed E-state index contributed by atoms with van der Waals surface area (Å²) < 4.78 is 6.01. The first-order chi connectivity index (χ1) is 14.4. The van der Waals surface area contributed by atoms with E-state index in [1.165, 1.54) is 24.3 Å². The number of benzene rings is 2. The van der Waals surface area contributed by atoms with Crippen LogP contribution >= 0.6 is 0 Å². The van der Waals surface area contributed by atoms with Gasteiger partial charge in [-0.05, 0) is 42.8 Å². The molecule has 0 spiro atoms. The summed E-state index contributed by atoms with van der Waals surface area (Å²) in [6.45, 7) is 9.41. The molecular formula is C25H27NO4. The molecule has 1 heterocycles. The van der Waals surface area contributed by atoms with Gasteiger partial charge in [-0.25, -0.2) is 4.79 Å². The van der Waals surface area contributed by atoms with E-state index in [9.17, 15) is 14.7 Å². The third-order valence-electron chi connectivity index (χ3n) is 4.56. The van der Waals surface area contributed by atoms with E-state index in [1.807, 2.05) is 51.0 Å². The minimum absolute atomic E-state index is 0.120. The van der Waals surface area contributed by atoms with Gasteiger partial charge in [-0.2, -0.15) is 0 Å². The van der Waals surface area contributed by atoms with Crippen molar-refractivity contribution < 1.29 is 14.3 Å². The van der Waals surface area contributed by atoms with E-state index in [-0.39, 0.29) is 11.0 Å². The van der Waals surface area contributed by atoms with Gasteiger partial charge in [0.1, 0.15) is 11.3 Å². The average molecular weight is 405 g/mol. The Kier molecular flexibility index (Phi) is 7.37. The molecule has 0 atom stereocenters. The number of hydrogen-bond donors (Lipinski definition) is 1. The Morgan fingerprint density at radius 1 is 1.13 bits per heavy atom. The molecule has 5 nitrogen and oxygen atoms in total. The second-order valence-electron chi connectivity index (χ2n) is 6.53. The summed E-state index contributed by atoms with van der Waals surface area (Å²) in [5.74, 6) is -0.644. The maximum Gasteiger partial charge on any atom is 0.336 e. The van der Waals surface area contributed by atoms with Crippen LogP contribution in [0.25, 0.3) is 27.9 Å². The maximum absolute atomic E-state index is 11.9. The highest BCUT2D eigenvalue weighted by molar-refractivity contribution is 6.12. The molecule has 0 bridgehead atoms. The van der Waals surface area contributed by atoms with Crippen LogP contribution in [0.3, 0.4) is 0 Å². The predicted molar refractivity (Wildman–Crippen MR) is 124 cm³/mol. The Labute approximate surface area is 176 Å². The highest BCUT2D eigenvalue weighted by atomic mass is 16.4. The molecule has 30 heavy (non-hydrogen) atoms. The highest BCUT2D eigenvalue weighted by Gasteiger charge is 2.23. The lowest BCUT2D eigenvalue weighted by atomic mass is 9.89. The van der Waals surface area contributed by atoms with Crippen LogP contribution in [0.15, 0.2) is 76.0 Å². The van der Waals surface area contributed by atoms with E-state index in [4.69, 9.17) is 4.42 Å². The van der Waals surface area contributed by atoms with Crippen molar-refractivity contribution in [1.82, 2.24) is 0 Å². The normalized spacial score (nSPS) is 11.8. The number of carboxylic acid groups (broad SMARTS) is 1. The van der Waals surface area contributed by atoms with Gasteiger partial charge in [0.15, 0.2) is 5.43 Å². The number of carbonyl (C=O) groups is 1. The number of rotatable bonds is 5. The Morgan fingerprint density at radius 3 is 2.40 bits per heavy atom. The number of nitrogens with zero attached hydrogens (tertiary/aromatic N) is 1. The topological polar surface area (TPSA) is 70.7 Å². The molecule has 3 rings (SSSR count). The summed E-state index contributed by atoms with van der Waals surface area (Å²) >= 11 is 0. The molecule has 0 fully saturated rings. The molecule has 0 radical (unpaired) electrons. The maximum atomic E-state index is 11.9. The fourth-order valence-corrected chi connectivity index (χ4v) is 3.26. The van der Waals surface area contributed by atoms with Crippen molar-refractivity contribution in [3.63, 3.8) is 0 Å². The lowest BCUT2D eigenvalue weighted by molar-refractivity contribution is -0.132. The number of anilines is 1. The van der Waals surface area contributed by atoms with Gasteiger partial charge in [-0.15, -0.1) is 0 Å². The molecular weight excluding hydrogens is 378 g/mol. The first-order valence-corrected chi connectivity index (χ1v) is 9.78. The molecule has 1 aliphatic heterocycles. The van der Waals surface area contributed by atoms with Crippen LogP contribution in [-0.4, -0.2) is 25.2 Å². The predicted octanol–water partition coefficient (Wildman–Crippen LogP) is 5.59. The Bertz CT molecular complexity index is 1170. The third kappa shape index (κ3) is 4.35. The van der Waals surface area contributed by atoms with Crippen molar-refractivity contribution >= 4 is 28.2 Å². The fourth-order valence-electron chi connectivity index (χ4n) is 3.26. The summed E-state index contributed by atoms with van der Waals surface area (Å²) in [5.41, 5.74) is 3.37. The Hall–Kier alpha value is -3.60. The third-order valence-corrected chi connectivity index (χ3v) is 4.56. The monoisotopic (exact) mass is 405 g/mol. The Balaban J connectivity index is 0.00000155. The first-order valence-electron chi connectivity index (χ1n) is 9.78. The van der Waals surface area contributed by atoms with Crippen LogP contribution < -0.4 is 10.3 Å². The molecule has 1 aromatic rings. The number of allylic oxidation sites excluding steroid dienone is 3. The van der Waals surface area contributed by atoms with Crippen LogP contribution in [0, 0.1) is 0 Å². The molecule has 1 aliphatic carbocycles. The second kappa shape index (κ2) is 9.74. The summed E-state index contributed by atoms with van der Waals surface area (Å²) in [6, 6.07) is 10.3. The number of fused-ring (bicyclic) bond motifs is 2. The largest absolute Gasteiger partial charge is 0.478 e. The van der Waals surface area contributed by atoms with Gasteiger partial charge < -0.3 is 14.4 Å². The van der Waals surface area contributed by atoms with E-state index in [1.54, 1.807) is 19.1 Å². The standard InChI is InChI=1S/C23H21NO4.C2H6/c1-5-7-17(23(26)27)16(6-2)22-18-10-8-14(24(3)4)12-20(18)28-21-13-15(25)9-11-19(21)22;1-2/h5-13H,1H2,2-4H3,(H,26,27);1-2H3/b16-6+,17-7+;. The van der Waals surface area contributed by atoms with E-state index in [2.05, 4.69) is 6.58 Å². The number of carboxylic acids is 1. The van der Waals surface area contributed by atoms with Crippen molar-refractivity contribution in [2.45, 2.75) is 20.8 Å². The summed E-state index contributed by atoms with van der Waals surface area (Å²) in [5, 5.41) is 10.5. The number of aliphatic carboxylic acids is 1. The molecule has 1 aromatic carbocycles. The molecule has 0 amide bonds. The molecule has 156 valence electrons. The molecule has 1 N–H and O–H groups in total. The quantitative estimate of drug-likeness (QED) is 0.340. The minimum Gasteiger partial charge on any atom is -0.478 e. The van der Waals surface area contributed by atoms with Crippen LogP contribution in [0.5, 0.6) is 0 Å². The van der Waals surface area contributed by atoms with E-state index >= 15 is 0 Å². The van der Waals surface area contributed by atoms with Gasteiger partial charge in [-0.3, -0.25) is 4.79 Å². The van der Waals surface area contributed by atoms with E-state index in [0.717, 1.165) is 11.1 Å². The zero-order valence-corrected chi connectivity index (χ0v) is 18.0. The van der Waals surface area contributed by atoms with Crippen molar-refractivity contribution in [1.29, 1.82) is 0 Å². The van der Waals surface area contributed by atoms with Crippen LogP contribution in [0.4, 0.5) is 5.69 Å². The van der Waals surface area contributed by atoms with Gasteiger partial charge in [0.2, 0.25) is 0 Å². The first kappa shape index (κ1) is 22.7. The molecule has 0 saturated carbocycles.